The van der Waals surface area contributed by atoms with Crippen molar-refractivity contribution in [3.05, 3.63) is 82.5 Å². The zero-order chi connectivity index (χ0) is 38.8. The van der Waals surface area contributed by atoms with Gasteiger partial charge >= 0.3 is 0 Å². The number of fused-ring (bicyclic) bond motifs is 1. The number of nitrogens with zero attached hydrogens (tertiary/aromatic N) is 6. The SMILES string of the molecule is NC(O)c1ncc(N2CCC[C@@H](CO)C2)nc1Nc1ccc(C2CCN(CC3CCN(c4ccc5c(=O)n(C6CCC(=O)NC6=O)ccc5c4)CC3)CC2)cc1. The maximum Gasteiger partial charge on any atom is 0.259 e. The zero-order valence-corrected chi connectivity index (χ0v) is 31.9. The number of piperidine rings is 4. The molecule has 0 spiro atoms. The summed E-state index contributed by atoms with van der Waals surface area (Å²) in [7, 11) is 0. The summed E-state index contributed by atoms with van der Waals surface area (Å²) in [5.41, 5.74) is 9.23. The first-order valence-electron chi connectivity index (χ1n) is 20.2. The number of pyridine rings is 1. The molecule has 296 valence electrons. The van der Waals surface area contributed by atoms with Gasteiger partial charge in [-0.3, -0.25) is 19.7 Å². The molecular weight excluding hydrogens is 711 g/mol. The van der Waals surface area contributed by atoms with E-state index in [1.54, 1.807) is 12.4 Å². The van der Waals surface area contributed by atoms with Gasteiger partial charge in [-0.2, -0.15) is 0 Å². The summed E-state index contributed by atoms with van der Waals surface area (Å²) in [5, 5.41) is 27.0. The van der Waals surface area contributed by atoms with E-state index in [1.807, 2.05) is 18.2 Å². The lowest BCUT2D eigenvalue weighted by Gasteiger charge is -2.38. The largest absolute Gasteiger partial charge is 0.396 e. The van der Waals surface area contributed by atoms with Crippen molar-refractivity contribution in [2.75, 3.05) is 67.5 Å². The molecule has 4 aliphatic heterocycles. The molecule has 0 saturated carbocycles. The Morgan fingerprint density at radius 1 is 0.893 bits per heavy atom. The fourth-order valence-corrected chi connectivity index (χ4v) is 9.07. The summed E-state index contributed by atoms with van der Waals surface area (Å²) in [6, 6.07) is 15.7. The van der Waals surface area contributed by atoms with Gasteiger partial charge in [0.2, 0.25) is 11.8 Å². The first kappa shape index (κ1) is 38.0. The monoisotopic (exact) mass is 763 g/mol. The van der Waals surface area contributed by atoms with E-state index in [4.69, 9.17) is 10.7 Å². The van der Waals surface area contributed by atoms with Gasteiger partial charge in [0.25, 0.3) is 5.56 Å². The van der Waals surface area contributed by atoms with Crippen LogP contribution in [0.2, 0.25) is 0 Å². The third-order valence-corrected chi connectivity index (χ3v) is 12.4. The molecule has 14 heteroatoms. The van der Waals surface area contributed by atoms with Crippen molar-refractivity contribution >= 4 is 45.6 Å². The molecule has 0 aliphatic carbocycles. The molecule has 4 aromatic rings. The van der Waals surface area contributed by atoms with Crippen molar-refractivity contribution in [2.45, 2.75) is 69.6 Å². The molecule has 2 aromatic heterocycles. The molecule has 4 saturated heterocycles. The summed E-state index contributed by atoms with van der Waals surface area (Å²) in [4.78, 5) is 53.7. The number of aromatic nitrogens is 3. The van der Waals surface area contributed by atoms with E-state index < -0.39 is 18.2 Å². The third-order valence-electron chi connectivity index (χ3n) is 12.4. The second-order valence-corrected chi connectivity index (χ2v) is 16.1. The lowest BCUT2D eigenvalue weighted by Crippen LogP contribution is -2.44. The average molecular weight is 764 g/mol. The molecule has 6 heterocycles. The topological polar surface area (TPSA) is 182 Å². The molecule has 4 fully saturated rings. The molecule has 6 N–H and O–H groups in total. The Morgan fingerprint density at radius 2 is 1.68 bits per heavy atom. The number of hydrogen-bond donors (Lipinski definition) is 5. The van der Waals surface area contributed by atoms with E-state index >= 15 is 0 Å². The van der Waals surface area contributed by atoms with Crippen LogP contribution in [0.5, 0.6) is 0 Å². The fourth-order valence-electron chi connectivity index (χ4n) is 9.07. The van der Waals surface area contributed by atoms with Gasteiger partial charge in [0.05, 0.1) is 6.20 Å². The third kappa shape index (κ3) is 8.29. The molecule has 0 bridgehead atoms. The number of aliphatic hydroxyl groups excluding tert-OH is 2. The van der Waals surface area contributed by atoms with E-state index in [9.17, 15) is 24.6 Å². The van der Waals surface area contributed by atoms with Crippen LogP contribution in [-0.4, -0.2) is 93.9 Å². The first-order valence-corrected chi connectivity index (χ1v) is 20.2. The first-order chi connectivity index (χ1) is 27.2. The number of likely N-dealkylation sites (tertiary alicyclic amines) is 1. The summed E-state index contributed by atoms with van der Waals surface area (Å²) >= 11 is 0. The van der Waals surface area contributed by atoms with Crippen molar-refractivity contribution < 1.29 is 19.8 Å². The van der Waals surface area contributed by atoms with Crippen LogP contribution in [0.15, 0.2) is 65.7 Å². The molecule has 8 rings (SSSR count). The number of rotatable bonds is 10. The zero-order valence-electron chi connectivity index (χ0n) is 31.9. The number of nitrogens with one attached hydrogen (secondary N) is 2. The van der Waals surface area contributed by atoms with E-state index in [1.165, 1.54) is 10.1 Å². The van der Waals surface area contributed by atoms with E-state index in [0.29, 0.717) is 41.0 Å². The second kappa shape index (κ2) is 16.7. The van der Waals surface area contributed by atoms with E-state index in [2.05, 4.69) is 60.6 Å². The maximum absolute atomic E-state index is 13.3. The van der Waals surface area contributed by atoms with Crippen molar-refractivity contribution in [3.63, 3.8) is 0 Å². The molecule has 56 heavy (non-hydrogen) atoms. The number of nitrogens with two attached hydrogens (primary N) is 1. The minimum Gasteiger partial charge on any atom is -0.396 e. The number of carbonyl (C=O) groups excluding carboxylic acids is 2. The Kier molecular flexibility index (Phi) is 11.3. The Labute approximate surface area is 326 Å². The van der Waals surface area contributed by atoms with Crippen molar-refractivity contribution in [1.29, 1.82) is 0 Å². The smallest absolute Gasteiger partial charge is 0.259 e. The van der Waals surface area contributed by atoms with Crippen LogP contribution in [-0.2, 0) is 9.59 Å². The van der Waals surface area contributed by atoms with Gasteiger partial charge in [0.15, 0.2) is 5.82 Å². The number of benzene rings is 2. The summed E-state index contributed by atoms with van der Waals surface area (Å²) in [6.45, 7) is 6.96. The molecule has 14 nitrogen and oxygen atoms in total. The Morgan fingerprint density at radius 3 is 2.41 bits per heavy atom. The molecule has 4 aliphatic rings. The van der Waals surface area contributed by atoms with Crippen molar-refractivity contribution in [3.8, 4) is 0 Å². The van der Waals surface area contributed by atoms with Gasteiger partial charge in [0.1, 0.15) is 23.8 Å². The highest BCUT2D eigenvalue weighted by Crippen LogP contribution is 2.33. The maximum atomic E-state index is 13.3. The van der Waals surface area contributed by atoms with Crippen LogP contribution in [0.4, 0.5) is 23.0 Å². The second-order valence-electron chi connectivity index (χ2n) is 16.1. The molecule has 3 atom stereocenters. The Bertz CT molecular complexity index is 2090. The quantitative estimate of drug-likeness (QED) is 0.117. The Balaban J connectivity index is 0.816. The van der Waals surface area contributed by atoms with Crippen LogP contribution in [0.1, 0.15) is 80.8 Å². The molecule has 2 amide bonds. The van der Waals surface area contributed by atoms with Crippen molar-refractivity contribution in [2.24, 2.45) is 17.6 Å². The molecule has 2 aromatic carbocycles. The van der Waals surface area contributed by atoms with Gasteiger partial charge in [-0.05, 0) is 123 Å². The van der Waals surface area contributed by atoms with E-state index in [-0.39, 0.29) is 30.4 Å². The number of carbonyl (C=O) groups is 2. The van der Waals surface area contributed by atoms with Gasteiger partial charge < -0.3 is 40.5 Å². The number of aliphatic hydroxyl groups is 2. The van der Waals surface area contributed by atoms with Gasteiger partial charge in [-0.25, -0.2) is 9.97 Å². The molecule has 0 radical (unpaired) electrons. The number of imide groups is 1. The lowest BCUT2D eigenvalue weighted by molar-refractivity contribution is -0.135. The minimum atomic E-state index is -1.26. The fraction of sp³-hybridized carbons (Fsp3) is 0.500. The highest BCUT2D eigenvalue weighted by Gasteiger charge is 2.30. The predicted molar refractivity (Wildman–Crippen MR) is 216 cm³/mol. The standard InChI is InChI=1S/C42H53N9O5/c43-39(54)38-40(46-36(23-44-38)50-16-1-2-28(25-50)26-52)45-32-5-3-29(4-6-32)30-13-17-48(18-14-30)24-27-11-19-49(20-12-27)33-7-8-34-31(22-33)15-21-51(42(34)56)35-9-10-37(53)47-41(35)55/h3-8,15,21-23,27-28,30,35,39,52,54H,1-2,9-14,16-20,24-26,43H2,(H,45,46)(H,47,53,55)/t28-,35?,39?/m1/s1. The van der Waals surface area contributed by atoms with Gasteiger partial charge in [-0.15, -0.1) is 0 Å². The minimum absolute atomic E-state index is 0.154. The van der Waals surface area contributed by atoms with Gasteiger partial charge in [-0.1, -0.05) is 12.1 Å². The number of hydrogen-bond acceptors (Lipinski definition) is 12. The van der Waals surface area contributed by atoms with Crippen LogP contribution in [0.3, 0.4) is 0 Å². The number of anilines is 4. The summed E-state index contributed by atoms with van der Waals surface area (Å²) in [6.07, 6.45) is 9.11. The van der Waals surface area contributed by atoms with Gasteiger partial charge in [0, 0.05) is 68.7 Å². The lowest BCUT2D eigenvalue weighted by atomic mass is 9.88. The highest BCUT2D eigenvalue weighted by atomic mass is 16.3. The summed E-state index contributed by atoms with van der Waals surface area (Å²) in [5.74, 6) is 1.80. The Hall–Kier alpha value is -4.89. The molecular formula is C42H53N9O5. The van der Waals surface area contributed by atoms with Crippen LogP contribution < -0.4 is 31.7 Å². The van der Waals surface area contributed by atoms with Crippen LogP contribution in [0.25, 0.3) is 10.8 Å². The average Bonchev–Trinajstić information content (AvgIpc) is 3.22. The molecule has 2 unspecified atom stereocenters. The van der Waals surface area contributed by atoms with Crippen LogP contribution >= 0.6 is 0 Å². The summed E-state index contributed by atoms with van der Waals surface area (Å²) < 4.78 is 1.46. The normalized spacial score (nSPS) is 22.3. The predicted octanol–water partition coefficient (Wildman–Crippen LogP) is 3.77. The van der Waals surface area contributed by atoms with Crippen molar-refractivity contribution in [1.82, 2.24) is 24.8 Å². The van der Waals surface area contributed by atoms with Crippen LogP contribution in [0, 0.1) is 11.8 Å². The van der Waals surface area contributed by atoms with E-state index in [0.717, 1.165) is 101 Å². The highest BCUT2D eigenvalue weighted by molar-refractivity contribution is 5.99. The number of amides is 2.